The minimum Gasteiger partial charge on any atom is -0.493 e. The van der Waals surface area contributed by atoms with Crippen molar-refractivity contribution in [3.8, 4) is 22.8 Å². The number of nitrogens with zero attached hydrogens (tertiary/aromatic N) is 3. The fourth-order valence-electron chi connectivity index (χ4n) is 5.73. The van der Waals surface area contributed by atoms with Gasteiger partial charge in [-0.2, -0.15) is 5.10 Å². The molecule has 2 bridgehead atoms. The van der Waals surface area contributed by atoms with Crippen molar-refractivity contribution in [1.29, 1.82) is 0 Å². The Morgan fingerprint density at radius 1 is 1.05 bits per heavy atom. The van der Waals surface area contributed by atoms with Crippen LogP contribution in [0.2, 0.25) is 0 Å². The Kier molecular flexibility index (Phi) is 5.98. The smallest absolute Gasteiger partial charge is 0.260 e. The molecule has 37 heavy (non-hydrogen) atoms. The Balaban J connectivity index is 1.25. The number of ether oxygens (including phenoxy) is 2. The number of aromatic nitrogens is 2. The fourth-order valence-corrected chi connectivity index (χ4v) is 5.73. The third-order valence-electron chi connectivity index (χ3n) is 7.70. The molecule has 194 valence electrons. The van der Waals surface area contributed by atoms with Crippen molar-refractivity contribution in [2.24, 2.45) is 0 Å². The number of anilines is 1. The molecule has 3 aromatic rings. The fraction of sp³-hybridized carbons (Fsp3) is 0.407. The van der Waals surface area contributed by atoms with E-state index < -0.39 is 12.5 Å². The lowest BCUT2D eigenvalue weighted by molar-refractivity contribution is 0.0659. The Hall–Kier alpha value is -3.66. The summed E-state index contributed by atoms with van der Waals surface area (Å²) < 4.78 is 40.4. The molecule has 10 heteroatoms. The number of nitrogens with one attached hydrogen (secondary N) is 2. The summed E-state index contributed by atoms with van der Waals surface area (Å²) in [7, 11) is 3.10. The molecule has 6 rings (SSSR count). The number of likely N-dealkylation sites (tertiary alicyclic amines) is 1. The molecule has 0 aliphatic carbocycles. The molecule has 2 N–H and O–H groups in total. The average molecular weight is 510 g/mol. The SMILES string of the molecule is COc1ccc(C2CC(C(F)F)n3nc(-c4ccc(C(=O)N5CC6CC5CN6)cc4)cc3N2)cc1OC. The van der Waals surface area contributed by atoms with Crippen LogP contribution < -0.4 is 20.1 Å². The summed E-state index contributed by atoms with van der Waals surface area (Å²) >= 11 is 0. The molecule has 2 fully saturated rings. The van der Waals surface area contributed by atoms with Crippen molar-refractivity contribution in [2.45, 2.75) is 43.4 Å². The molecule has 3 aliphatic rings. The normalized spacial score (nSPS) is 24.2. The first-order valence-corrected chi connectivity index (χ1v) is 12.5. The maximum absolute atomic E-state index is 14.1. The lowest BCUT2D eigenvalue weighted by Crippen LogP contribution is -2.46. The molecule has 4 heterocycles. The minimum atomic E-state index is -2.58. The van der Waals surface area contributed by atoms with Gasteiger partial charge < -0.3 is 25.0 Å². The molecule has 0 radical (unpaired) electrons. The number of halogens is 2. The molecular weight excluding hydrogens is 480 g/mol. The highest BCUT2D eigenvalue weighted by atomic mass is 19.3. The van der Waals surface area contributed by atoms with E-state index in [1.165, 1.54) is 4.68 Å². The van der Waals surface area contributed by atoms with Gasteiger partial charge in [-0.15, -0.1) is 0 Å². The standard InChI is InChI=1S/C27H29F2N5O3/c1-36-23-8-7-17(9-24(23)37-2)20-11-22(26(28)29)34-25(31-20)12-21(32-34)15-3-5-16(6-4-15)27(35)33-14-18-10-19(33)13-30-18/h3-9,12,18-20,22,26,30-31H,10-11,13-14H2,1-2H3. The van der Waals surface area contributed by atoms with Gasteiger partial charge in [0.05, 0.1) is 26.0 Å². The highest BCUT2D eigenvalue weighted by Gasteiger charge is 2.40. The Morgan fingerprint density at radius 3 is 2.49 bits per heavy atom. The number of fused-ring (bicyclic) bond motifs is 3. The molecule has 8 nitrogen and oxygen atoms in total. The first kappa shape index (κ1) is 23.7. The number of benzene rings is 2. The van der Waals surface area contributed by atoms with Crippen molar-refractivity contribution >= 4 is 11.7 Å². The highest BCUT2D eigenvalue weighted by molar-refractivity contribution is 5.95. The minimum absolute atomic E-state index is 0.0295. The van der Waals surface area contributed by atoms with E-state index in [-0.39, 0.29) is 24.4 Å². The molecule has 4 unspecified atom stereocenters. The van der Waals surface area contributed by atoms with Crippen LogP contribution in [0.1, 0.15) is 40.8 Å². The number of hydrogen-bond acceptors (Lipinski definition) is 6. The number of carbonyl (C=O) groups is 1. The number of carbonyl (C=O) groups excluding carboxylic acids is 1. The quantitative estimate of drug-likeness (QED) is 0.521. The number of piperazine rings is 1. The van der Waals surface area contributed by atoms with Crippen LogP contribution >= 0.6 is 0 Å². The second-order valence-corrected chi connectivity index (χ2v) is 9.84. The lowest BCUT2D eigenvalue weighted by Gasteiger charge is -2.32. The van der Waals surface area contributed by atoms with Crippen LogP contribution in [0.25, 0.3) is 11.3 Å². The lowest BCUT2D eigenvalue weighted by atomic mass is 9.97. The molecule has 2 saturated heterocycles. The summed E-state index contributed by atoms with van der Waals surface area (Å²) in [6, 6.07) is 13.7. The summed E-state index contributed by atoms with van der Waals surface area (Å²) in [6.45, 7) is 1.58. The summed E-state index contributed by atoms with van der Waals surface area (Å²) in [4.78, 5) is 14.9. The van der Waals surface area contributed by atoms with Gasteiger partial charge in [0.1, 0.15) is 11.9 Å². The van der Waals surface area contributed by atoms with Gasteiger partial charge in [-0.05, 0) is 42.7 Å². The van der Waals surface area contributed by atoms with E-state index in [0.29, 0.717) is 34.6 Å². The molecule has 0 spiro atoms. The van der Waals surface area contributed by atoms with Crippen LogP contribution in [-0.4, -0.2) is 66.4 Å². The number of amides is 1. The van der Waals surface area contributed by atoms with E-state index in [2.05, 4.69) is 15.7 Å². The van der Waals surface area contributed by atoms with Crippen LogP contribution in [0.4, 0.5) is 14.6 Å². The topological polar surface area (TPSA) is 80.7 Å². The van der Waals surface area contributed by atoms with Gasteiger partial charge in [0.15, 0.2) is 11.5 Å². The molecule has 4 atom stereocenters. The third-order valence-corrected chi connectivity index (χ3v) is 7.70. The first-order valence-electron chi connectivity index (χ1n) is 12.5. The molecule has 2 aromatic carbocycles. The molecule has 1 aromatic heterocycles. The van der Waals surface area contributed by atoms with Crippen LogP contribution in [0.3, 0.4) is 0 Å². The zero-order chi connectivity index (χ0) is 25.7. The predicted octanol–water partition coefficient (Wildman–Crippen LogP) is 4.12. The second-order valence-electron chi connectivity index (χ2n) is 9.84. The third kappa shape index (κ3) is 4.19. The van der Waals surface area contributed by atoms with Gasteiger partial charge in [-0.1, -0.05) is 18.2 Å². The largest absolute Gasteiger partial charge is 0.493 e. The highest BCUT2D eigenvalue weighted by Crippen LogP contribution is 2.41. The van der Waals surface area contributed by atoms with E-state index >= 15 is 0 Å². The van der Waals surface area contributed by atoms with Gasteiger partial charge in [0.25, 0.3) is 12.3 Å². The maximum atomic E-state index is 14.1. The van der Waals surface area contributed by atoms with Crippen molar-refractivity contribution < 1.29 is 23.0 Å². The Bertz CT molecular complexity index is 1310. The van der Waals surface area contributed by atoms with Crippen LogP contribution in [0.5, 0.6) is 11.5 Å². The summed E-state index contributed by atoms with van der Waals surface area (Å²) in [5.41, 5.74) is 2.79. The first-order chi connectivity index (χ1) is 17.9. The zero-order valence-electron chi connectivity index (χ0n) is 20.7. The number of hydrogen-bond donors (Lipinski definition) is 2. The predicted molar refractivity (Wildman–Crippen MR) is 134 cm³/mol. The van der Waals surface area contributed by atoms with Crippen LogP contribution in [-0.2, 0) is 0 Å². The Labute approximate surface area is 213 Å². The Morgan fingerprint density at radius 2 is 1.84 bits per heavy atom. The van der Waals surface area contributed by atoms with E-state index in [0.717, 1.165) is 30.6 Å². The summed E-state index contributed by atoms with van der Waals surface area (Å²) in [6.07, 6.45) is -1.41. The van der Waals surface area contributed by atoms with E-state index in [4.69, 9.17) is 9.47 Å². The molecular formula is C27H29F2N5O3. The van der Waals surface area contributed by atoms with E-state index in [1.54, 1.807) is 38.5 Å². The zero-order valence-corrected chi connectivity index (χ0v) is 20.7. The van der Waals surface area contributed by atoms with E-state index in [1.807, 2.05) is 29.2 Å². The molecule has 1 amide bonds. The summed E-state index contributed by atoms with van der Waals surface area (Å²) in [5, 5.41) is 11.3. The monoisotopic (exact) mass is 509 g/mol. The number of rotatable bonds is 6. The number of alkyl halides is 2. The van der Waals surface area contributed by atoms with Gasteiger partial charge in [0, 0.05) is 42.4 Å². The average Bonchev–Trinajstić information content (AvgIpc) is 3.67. The van der Waals surface area contributed by atoms with Gasteiger partial charge in [0.2, 0.25) is 0 Å². The van der Waals surface area contributed by atoms with Crippen LogP contribution in [0, 0.1) is 0 Å². The van der Waals surface area contributed by atoms with E-state index in [9.17, 15) is 13.6 Å². The van der Waals surface area contributed by atoms with Gasteiger partial charge >= 0.3 is 0 Å². The summed E-state index contributed by atoms with van der Waals surface area (Å²) in [5.74, 6) is 1.67. The molecule has 0 saturated carbocycles. The van der Waals surface area contributed by atoms with Crippen molar-refractivity contribution in [3.05, 3.63) is 59.7 Å². The maximum Gasteiger partial charge on any atom is 0.260 e. The van der Waals surface area contributed by atoms with Gasteiger partial charge in [-0.3, -0.25) is 4.79 Å². The van der Waals surface area contributed by atoms with Crippen LogP contribution in [0.15, 0.2) is 48.5 Å². The van der Waals surface area contributed by atoms with Crippen molar-refractivity contribution in [1.82, 2.24) is 20.0 Å². The van der Waals surface area contributed by atoms with Crippen molar-refractivity contribution in [3.63, 3.8) is 0 Å². The molecule has 3 aliphatic heterocycles. The second kappa shape index (κ2) is 9.33. The number of methoxy groups -OCH3 is 2. The van der Waals surface area contributed by atoms with Gasteiger partial charge in [-0.25, -0.2) is 13.5 Å². The van der Waals surface area contributed by atoms with Crippen molar-refractivity contribution in [2.75, 3.05) is 32.6 Å².